The summed E-state index contributed by atoms with van der Waals surface area (Å²) in [7, 11) is 0. The Balaban J connectivity index is 1.53. The van der Waals surface area contributed by atoms with Crippen molar-refractivity contribution < 1.29 is 9.59 Å². The van der Waals surface area contributed by atoms with Gasteiger partial charge >= 0.3 is 0 Å². The lowest BCUT2D eigenvalue weighted by atomic mass is 10.1. The van der Waals surface area contributed by atoms with Crippen LogP contribution in [0.1, 0.15) is 26.5 Å². The Morgan fingerprint density at radius 3 is 2.59 bits per heavy atom. The number of rotatable bonds is 6. The fourth-order valence-corrected chi connectivity index (χ4v) is 3.00. The van der Waals surface area contributed by atoms with Gasteiger partial charge in [0.25, 0.3) is 5.91 Å². The normalized spacial score (nSPS) is 10.7. The van der Waals surface area contributed by atoms with Crippen LogP contribution in [0.15, 0.2) is 59.7 Å². The van der Waals surface area contributed by atoms with Crippen molar-refractivity contribution in [2.24, 2.45) is 5.10 Å². The summed E-state index contributed by atoms with van der Waals surface area (Å²) in [5.41, 5.74) is 4.77. The van der Waals surface area contributed by atoms with Gasteiger partial charge in [0.05, 0.1) is 12.6 Å². The summed E-state index contributed by atoms with van der Waals surface area (Å²) < 4.78 is 0. The molecule has 0 spiro atoms. The second-order valence-corrected chi connectivity index (χ2v) is 6.71. The van der Waals surface area contributed by atoms with Crippen molar-refractivity contribution >= 4 is 34.5 Å². The topological polar surface area (TPSA) is 96.3 Å². The predicted octanol–water partition coefficient (Wildman–Crippen LogP) is 2.79. The van der Waals surface area contributed by atoms with Gasteiger partial charge in [0.1, 0.15) is 5.01 Å². The standard InChI is InChI=1S/C19H17N5O2S/c1-13-7-5-6-10-15(13)18(26)21-19-24-23-17(27-19)11-16(25)22-20-12-14-8-3-2-4-9-14/h2-10,12H,11H2,1H3,(H,22,25)(H,21,24,26). The lowest BCUT2D eigenvalue weighted by Gasteiger charge is -2.03. The first kappa shape index (κ1) is 18.4. The number of nitrogens with zero attached hydrogens (tertiary/aromatic N) is 3. The number of carbonyl (C=O) groups excluding carboxylic acids is 2. The molecule has 0 saturated heterocycles. The molecule has 2 aromatic carbocycles. The summed E-state index contributed by atoms with van der Waals surface area (Å²) in [6.45, 7) is 1.86. The maximum atomic E-state index is 12.3. The number of nitrogens with one attached hydrogen (secondary N) is 2. The maximum absolute atomic E-state index is 12.3. The van der Waals surface area contributed by atoms with Crippen molar-refractivity contribution in [2.45, 2.75) is 13.3 Å². The number of hydrogen-bond donors (Lipinski definition) is 2. The minimum Gasteiger partial charge on any atom is -0.296 e. The van der Waals surface area contributed by atoms with Gasteiger partial charge in [0, 0.05) is 5.56 Å². The van der Waals surface area contributed by atoms with E-state index < -0.39 is 0 Å². The van der Waals surface area contributed by atoms with Crippen LogP contribution < -0.4 is 10.7 Å². The molecule has 0 radical (unpaired) electrons. The summed E-state index contributed by atoms with van der Waals surface area (Å²) in [6, 6.07) is 16.7. The molecule has 8 heteroatoms. The van der Waals surface area contributed by atoms with E-state index in [1.54, 1.807) is 18.3 Å². The Morgan fingerprint density at radius 1 is 1.07 bits per heavy atom. The highest BCUT2D eigenvalue weighted by Crippen LogP contribution is 2.17. The van der Waals surface area contributed by atoms with Gasteiger partial charge in [-0.1, -0.05) is 59.9 Å². The number of carbonyl (C=O) groups is 2. The maximum Gasteiger partial charge on any atom is 0.257 e. The Kier molecular flexibility index (Phi) is 6.01. The third-order valence-electron chi connectivity index (χ3n) is 3.59. The molecule has 2 N–H and O–H groups in total. The second-order valence-electron chi connectivity index (χ2n) is 5.65. The van der Waals surface area contributed by atoms with Crippen LogP contribution >= 0.6 is 11.3 Å². The van der Waals surface area contributed by atoms with E-state index in [0.29, 0.717) is 15.7 Å². The van der Waals surface area contributed by atoms with Crippen molar-refractivity contribution in [3.05, 3.63) is 76.3 Å². The number of aryl methyl sites for hydroxylation is 1. The van der Waals surface area contributed by atoms with Gasteiger partial charge in [-0.05, 0) is 24.1 Å². The largest absolute Gasteiger partial charge is 0.296 e. The summed E-state index contributed by atoms with van der Waals surface area (Å²) >= 11 is 1.15. The molecule has 3 rings (SSSR count). The Hall–Kier alpha value is -3.39. The van der Waals surface area contributed by atoms with Gasteiger partial charge in [-0.3, -0.25) is 14.9 Å². The Labute approximate surface area is 160 Å². The first-order chi connectivity index (χ1) is 13.1. The molecule has 0 aliphatic carbocycles. The zero-order chi connectivity index (χ0) is 19.1. The van der Waals surface area contributed by atoms with E-state index in [1.807, 2.05) is 49.4 Å². The number of aromatic nitrogens is 2. The lowest BCUT2D eigenvalue weighted by molar-refractivity contribution is -0.120. The number of hydrazone groups is 1. The molecule has 0 fully saturated rings. The third-order valence-corrected chi connectivity index (χ3v) is 4.43. The molecule has 136 valence electrons. The molecule has 3 aromatic rings. The van der Waals surface area contributed by atoms with Crippen LogP contribution in [0, 0.1) is 6.92 Å². The Bertz CT molecular complexity index is 969. The van der Waals surface area contributed by atoms with E-state index in [9.17, 15) is 9.59 Å². The van der Waals surface area contributed by atoms with E-state index >= 15 is 0 Å². The van der Waals surface area contributed by atoms with Gasteiger partial charge in [-0.15, -0.1) is 10.2 Å². The number of benzene rings is 2. The summed E-state index contributed by atoms with van der Waals surface area (Å²) in [5.74, 6) is -0.567. The monoisotopic (exact) mass is 379 g/mol. The first-order valence-electron chi connectivity index (χ1n) is 8.18. The zero-order valence-electron chi connectivity index (χ0n) is 14.5. The van der Waals surface area contributed by atoms with Crippen LogP contribution in [0.3, 0.4) is 0 Å². The van der Waals surface area contributed by atoms with Crippen LogP contribution in [-0.2, 0) is 11.2 Å². The van der Waals surface area contributed by atoms with E-state index in [2.05, 4.69) is 26.0 Å². The van der Waals surface area contributed by atoms with Crippen molar-refractivity contribution in [1.82, 2.24) is 15.6 Å². The number of anilines is 1. The molecule has 1 aromatic heterocycles. The van der Waals surface area contributed by atoms with Gasteiger partial charge in [0.2, 0.25) is 11.0 Å². The lowest BCUT2D eigenvalue weighted by Crippen LogP contribution is -2.19. The summed E-state index contributed by atoms with van der Waals surface area (Å²) in [4.78, 5) is 24.2. The van der Waals surface area contributed by atoms with Crippen LogP contribution in [0.5, 0.6) is 0 Å². The zero-order valence-corrected chi connectivity index (χ0v) is 15.4. The average molecular weight is 379 g/mol. The van der Waals surface area contributed by atoms with Crippen LogP contribution in [0.4, 0.5) is 5.13 Å². The second kappa shape index (κ2) is 8.81. The molecular weight excluding hydrogens is 362 g/mol. The molecule has 7 nitrogen and oxygen atoms in total. The van der Waals surface area contributed by atoms with E-state index in [1.165, 1.54) is 0 Å². The molecule has 2 amide bonds. The van der Waals surface area contributed by atoms with Gasteiger partial charge in [0.15, 0.2) is 0 Å². The molecule has 0 aliphatic rings. The Morgan fingerprint density at radius 2 is 1.81 bits per heavy atom. The van der Waals surface area contributed by atoms with Crippen molar-refractivity contribution in [3.8, 4) is 0 Å². The molecule has 1 heterocycles. The SMILES string of the molecule is Cc1ccccc1C(=O)Nc1nnc(CC(=O)NN=Cc2ccccc2)s1. The highest BCUT2D eigenvalue weighted by Gasteiger charge is 2.13. The molecule has 0 unspecified atom stereocenters. The predicted molar refractivity (Wildman–Crippen MR) is 105 cm³/mol. The van der Waals surface area contributed by atoms with Crippen molar-refractivity contribution in [1.29, 1.82) is 0 Å². The highest BCUT2D eigenvalue weighted by molar-refractivity contribution is 7.15. The van der Waals surface area contributed by atoms with Crippen molar-refractivity contribution in [2.75, 3.05) is 5.32 Å². The smallest absolute Gasteiger partial charge is 0.257 e. The van der Waals surface area contributed by atoms with E-state index in [-0.39, 0.29) is 18.2 Å². The number of amides is 2. The average Bonchev–Trinajstić information content (AvgIpc) is 3.09. The molecule has 27 heavy (non-hydrogen) atoms. The van der Waals surface area contributed by atoms with Gasteiger partial charge in [-0.2, -0.15) is 5.10 Å². The minimum atomic E-state index is -0.310. The van der Waals surface area contributed by atoms with Gasteiger partial charge < -0.3 is 0 Å². The molecular formula is C19H17N5O2S. The molecule has 0 bridgehead atoms. The molecule has 0 atom stereocenters. The summed E-state index contributed by atoms with van der Waals surface area (Å²) in [6.07, 6.45) is 1.59. The van der Waals surface area contributed by atoms with Crippen LogP contribution in [0.25, 0.3) is 0 Å². The molecule has 0 aliphatic heterocycles. The van der Waals surface area contributed by atoms with E-state index in [4.69, 9.17) is 0 Å². The van der Waals surface area contributed by atoms with Crippen LogP contribution in [-0.4, -0.2) is 28.2 Å². The fraction of sp³-hybridized carbons (Fsp3) is 0.105. The van der Waals surface area contributed by atoms with Crippen molar-refractivity contribution in [3.63, 3.8) is 0 Å². The third kappa shape index (κ3) is 5.29. The first-order valence-corrected chi connectivity index (χ1v) is 9.00. The fourth-order valence-electron chi connectivity index (χ4n) is 2.26. The summed E-state index contributed by atoms with van der Waals surface area (Å²) in [5, 5.41) is 15.3. The van der Waals surface area contributed by atoms with E-state index in [0.717, 1.165) is 22.5 Å². The minimum absolute atomic E-state index is 0.0318. The highest BCUT2D eigenvalue weighted by atomic mass is 32.1. The quantitative estimate of drug-likeness (QED) is 0.508. The van der Waals surface area contributed by atoms with Gasteiger partial charge in [-0.25, -0.2) is 5.43 Å². The van der Waals surface area contributed by atoms with Crippen LogP contribution in [0.2, 0.25) is 0 Å². The molecule has 0 saturated carbocycles. The number of hydrogen-bond acceptors (Lipinski definition) is 6.